The molecule has 1 amide bonds. The van der Waals surface area contributed by atoms with Crippen molar-refractivity contribution < 1.29 is 19.1 Å². The van der Waals surface area contributed by atoms with E-state index < -0.39 is 5.97 Å². The Kier molecular flexibility index (Phi) is 6.63. The molecule has 0 aromatic carbocycles. The number of aryl methyl sites for hydroxylation is 1. The van der Waals surface area contributed by atoms with Gasteiger partial charge in [0.1, 0.15) is 5.00 Å². The van der Waals surface area contributed by atoms with Crippen molar-refractivity contribution in [1.82, 2.24) is 5.32 Å². The smallest absolute Gasteiger partial charge is 0.341 e. The Balaban J connectivity index is 2.70. The Morgan fingerprint density at radius 1 is 1.25 bits per heavy atom. The van der Waals surface area contributed by atoms with Gasteiger partial charge in [-0.2, -0.15) is 0 Å². The first-order chi connectivity index (χ1) is 9.51. The molecular formula is C13H20N2O4S. The van der Waals surface area contributed by atoms with Gasteiger partial charge >= 0.3 is 5.97 Å². The number of anilines is 1. The van der Waals surface area contributed by atoms with Gasteiger partial charge in [0.15, 0.2) is 0 Å². The van der Waals surface area contributed by atoms with Crippen molar-refractivity contribution in [3.05, 3.63) is 16.0 Å². The lowest BCUT2D eigenvalue weighted by Crippen LogP contribution is -2.30. The number of ether oxygens (including phenoxy) is 2. The van der Waals surface area contributed by atoms with E-state index in [1.54, 1.807) is 7.11 Å². The molecule has 1 heterocycles. The maximum atomic E-state index is 11.8. The van der Waals surface area contributed by atoms with E-state index in [-0.39, 0.29) is 12.5 Å². The van der Waals surface area contributed by atoms with E-state index in [0.29, 0.717) is 23.7 Å². The molecule has 20 heavy (non-hydrogen) atoms. The zero-order valence-corrected chi connectivity index (χ0v) is 13.0. The van der Waals surface area contributed by atoms with Gasteiger partial charge in [-0.1, -0.05) is 0 Å². The lowest BCUT2D eigenvalue weighted by atomic mass is 10.1. The monoisotopic (exact) mass is 300 g/mol. The molecule has 0 aliphatic carbocycles. The number of thiophene rings is 1. The summed E-state index contributed by atoms with van der Waals surface area (Å²) in [5.41, 5.74) is 1.27. The number of nitrogens with one attached hydrogen (secondary N) is 2. The number of carbonyl (C=O) groups excluding carboxylic acids is 2. The third-order valence-corrected chi connectivity index (χ3v) is 3.92. The first-order valence-electron chi connectivity index (χ1n) is 6.19. The molecule has 2 N–H and O–H groups in total. The summed E-state index contributed by atoms with van der Waals surface area (Å²) in [5.74, 6) is -0.637. The Labute approximate surface area is 122 Å². The molecule has 112 valence electrons. The molecule has 0 spiro atoms. The van der Waals surface area contributed by atoms with E-state index in [4.69, 9.17) is 9.47 Å². The summed E-state index contributed by atoms with van der Waals surface area (Å²) in [6.45, 7) is 5.04. The second kappa shape index (κ2) is 7.98. The van der Waals surface area contributed by atoms with Gasteiger partial charge in [-0.3, -0.25) is 4.79 Å². The molecule has 1 rings (SSSR count). The van der Waals surface area contributed by atoms with Crippen LogP contribution in [0.5, 0.6) is 0 Å². The molecule has 0 bridgehead atoms. The molecule has 0 aliphatic rings. The summed E-state index contributed by atoms with van der Waals surface area (Å²) in [6, 6.07) is 0. The van der Waals surface area contributed by atoms with Gasteiger partial charge in [-0.25, -0.2) is 4.79 Å². The SMILES string of the molecule is COCCNCC(=O)Nc1sc(C)c(C)c1C(=O)OC. The number of methoxy groups -OCH3 is 2. The van der Waals surface area contributed by atoms with Crippen LogP contribution in [0.4, 0.5) is 5.00 Å². The third kappa shape index (κ3) is 4.29. The zero-order chi connectivity index (χ0) is 15.1. The van der Waals surface area contributed by atoms with Crippen molar-refractivity contribution in [1.29, 1.82) is 0 Å². The Hall–Kier alpha value is -1.44. The molecule has 1 aromatic rings. The number of carbonyl (C=O) groups is 2. The Morgan fingerprint density at radius 3 is 2.55 bits per heavy atom. The minimum Gasteiger partial charge on any atom is -0.465 e. The van der Waals surface area contributed by atoms with E-state index in [2.05, 4.69) is 10.6 Å². The maximum absolute atomic E-state index is 11.8. The van der Waals surface area contributed by atoms with Gasteiger partial charge in [-0.15, -0.1) is 11.3 Å². The van der Waals surface area contributed by atoms with Gasteiger partial charge in [0.2, 0.25) is 5.91 Å². The van der Waals surface area contributed by atoms with Gasteiger partial charge in [0, 0.05) is 18.5 Å². The van der Waals surface area contributed by atoms with Gasteiger partial charge < -0.3 is 20.1 Å². The summed E-state index contributed by atoms with van der Waals surface area (Å²) in [6.07, 6.45) is 0. The first-order valence-corrected chi connectivity index (χ1v) is 7.00. The predicted molar refractivity (Wildman–Crippen MR) is 78.5 cm³/mol. The summed E-state index contributed by atoms with van der Waals surface area (Å²) >= 11 is 1.37. The molecule has 1 aromatic heterocycles. The van der Waals surface area contributed by atoms with Crippen LogP contribution in [-0.2, 0) is 14.3 Å². The van der Waals surface area contributed by atoms with Crippen LogP contribution in [0.15, 0.2) is 0 Å². The molecular weight excluding hydrogens is 280 g/mol. The topological polar surface area (TPSA) is 76.7 Å². The van der Waals surface area contributed by atoms with Crippen molar-refractivity contribution in [2.75, 3.05) is 39.2 Å². The number of hydrogen-bond acceptors (Lipinski definition) is 6. The van der Waals surface area contributed by atoms with Gasteiger partial charge in [-0.05, 0) is 19.4 Å². The molecule has 0 aliphatic heterocycles. The molecule has 0 saturated heterocycles. The van der Waals surface area contributed by atoms with E-state index in [1.807, 2.05) is 13.8 Å². The number of rotatable bonds is 7. The van der Waals surface area contributed by atoms with Crippen LogP contribution in [0.3, 0.4) is 0 Å². The van der Waals surface area contributed by atoms with E-state index in [0.717, 1.165) is 10.4 Å². The highest BCUT2D eigenvalue weighted by Crippen LogP contribution is 2.32. The van der Waals surface area contributed by atoms with Crippen LogP contribution in [0.2, 0.25) is 0 Å². The fourth-order valence-electron chi connectivity index (χ4n) is 1.61. The lowest BCUT2D eigenvalue weighted by Gasteiger charge is -2.07. The molecule has 0 atom stereocenters. The number of amides is 1. The number of hydrogen-bond donors (Lipinski definition) is 2. The van der Waals surface area contributed by atoms with E-state index in [9.17, 15) is 9.59 Å². The van der Waals surface area contributed by atoms with Crippen LogP contribution >= 0.6 is 11.3 Å². The predicted octanol–water partition coefficient (Wildman–Crippen LogP) is 1.33. The Bertz CT molecular complexity index is 485. The normalized spacial score (nSPS) is 10.4. The van der Waals surface area contributed by atoms with Crippen molar-refractivity contribution in [2.45, 2.75) is 13.8 Å². The highest BCUT2D eigenvalue weighted by molar-refractivity contribution is 7.16. The standard InChI is InChI=1S/C13H20N2O4S/c1-8-9(2)20-12(11(8)13(17)19-4)15-10(16)7-14-5-6-18-3/h14H,5-7H2,1-4H3,(H,15,16). The van der Waals surface area contributed by atoms with Crippen molar-refractivity contribution in [3.63, 3.8) is 0 Å². The van der Waals surface area contributed by atoms with Crippen LogP contribution in [0.25, 0.3) is 0 Å². The van der Waals surface area contributed by atoms with Gasteiger partial charge in [0.25, 0.3) is 0 Å². The fourth-order valence-corrected chi connectivity index (χ4v) is 2.67. The third-order valence-electron chi connectivity index (χ3n) is 2.80. The quantitative estimate of drug-likeness (QED) is 0.587. The van der Waals surface area contributed by atoms with E-state index >= 15 is 0 Å². The molecule has 0 saturated carbocycles. The lowest BCUT2D eigenvalue weighted by molar-refractivity contribution is -0.115. The second-order valence-corrected chi connectivity index (χ2v) is 5.42. The minimum atomic E-state index is -0.436. The molecule has 6 nitrogen and oxygen atoms in total. The van der Waals surface area contributed by atoms with Crippen molar-refractivity contribution >= 4 is 28.2 Å². The van der Waals surface area contributed by atoms with Crippen LogP contribution < -0.4 is 10.6 Å². The fraction of sp³-hybridized carbons (Fsp3) is 0.538. The van der Waals surface area contributed by atoms with Crippen LogP contribution in [-0.4, -0.2) is 45.8 Å². The molecule has 0 unspecified atom stereocenters. The Morgan fingerprint density at radius 2 is 1.95 bits per heavy atom. The zero-order valence-electron chi connectivity index (χ0n) is 12.2. The average Bonchev–Trinajstić information content (AvgIpc) is 2.69. The molecule has 0 fully saturated rings. The summed E-state index contributed by atoms with van der Waals surface area (Å²) in [5, 5.41) is 6.21. The molecule has 0 radical (unpaired) electrons. The highest BCUT2D eigenvalue weighted by Gasteiger charge is 2.21. The summed E-state index contributed by atoms with van der Waals surface area (Å²) in [4.78, 5) is 24.5. The summed E-state index contributed by atoms with van der Waals surface area (Å²) < 4.78 is 9.62. The highest BCUT2D eigenvalue weighted by atomic mass is 32.1. The van der Waals surface area contributed by atoms with Crippen LogP contribution in [0, 0.1) is 13.8 Å². The van der Waals surface area contributed by atoms with E-state index in [1.165, 1.54) is 18.4 Å². The summed E-state index contributed by atoms with van der Waals surface area (Å²) in [7, 11) is 2.92. The van der Waals surface area contributed by atoms with Gasteiger partial charge in [0.05, 0.1) is 25.8 Å². The number of esters is 1. The second-order valence-electron chi connectivity index (χ2n) is 4.20. The average molecular weight is 300 g/mol. The first kappa shape index (κ1) is 16.6. The van der Waals surface area contributed by atoms with Crippen molar-refractivity contribution in [3.8, 4) is 0 Å². The minimum absolute atomic E-state index is 0.167. The maximum Gasteiger partial charge on any atom is 0.341 e. The van der Waals surface area contributed by atoms with Crippen molar-refractivity contribution in [2.24, 2.45) is 0 Å². The van der Waals surface area contributed by atoms with Crippen LogP contribution in [0.1, 0.15) is 20.8 Å². The largest absolute Gasteiger partial charge is 0.465 e. The molecule has 7 heteroatoms.